The largest absolute Gasteiger partial charge is 0.396 e. The zero-order chi connectivity index (χ0) is 8.91. The third-order valence-corrected chi connectivity index (χ3v) is 2.94. The zero-order valence-corrected chi connectivity index (χ0v) is 7.47. The molecule has 0 spiro atoms. The van der Waals surface area contributed by atoms with Crippen molar-refractivity contribution in [1.82, 2.24) is 0 Å². The number of carbonyl (C=O) groups excluding carboxylic acids is 1. The molecular formula is C5H12NO4P. The minimum absolute atomic E-state index is 0.0129. The fourth-order valence-corrected chi connectivity index (χ4v) is 1.50. The van der Waals surface area contributed by atoms with Crippen LogP contribution in [-0.4, -0.2) is 26.3 Å². The molecular weight excluding hydrogens is 169 g/mol. The van der Waals surface area contributed by atoms with Gasteiger partial charge in [0.1, 0.15) is 0 Å². The van der Waals surface area contributed by atoms with Crippen molar-refractivity contribution in [2.75, 3.05) is 20.8 Å². The van der Waals surface area contributed by atoms with Gasteiger partial charge in [0.25, 0.3) is 0 Å². The highest BCUT2D eigenvalue weighted by Crippen LogP contribution is 2.47. The van der Waals surface area contributed by atoms with Crippen molar-refractivity contribution in [3.8, 4) is 0 Å². The summed E-state index contributed by atoms with van der Waals surface area (Å²) in [4.78, 5) is 10.9. The van der Waals surface area contributed by atoms with E-state index in [9.17, 15) is 9.36 Å². The summed E-state index contributed by atoms with van der Waals surface area (Å²) in [6, 6.07) is 0. The predicted octanol–water partition coefficient (Wildman–Crippen LogP) is 0.348. The summed E-state index contributed by atoms with van der Waals surface area (Å²) in [5, 5.41) is 0. The molecule has 6 heteroatoms. The molecule has 0 rings (SSSR count). The van der Waals surface area contributed by atoms with Crippen molar-refractivity contribution in [2.24, 2.45) is 5.73 Å². The van der Waals surface area contributed by atoms with E-state index in [1.807, 2.05) is 0 Å². The molecule has 0 amide bonds. The smallest absolute Gasteiger partial charge is 0.330 e. The lowest BCUT2D eigenvalue weighted by Gasteiger charge is -2.10. The van der Waals surface area contributed by atoms with Crippen LogP contribution in [0.1, 0.15) is 6.42 Å². The summed E-state index contributed by atoms with van der Waals surface area (Å²) in [6.45, 7) is 0.148. The summed E-state index contributed by atoms with van der Waals surface area (Å²) in [5.41, 5.74) is 4.50. The van der Waals surface area contributed by atoms with Gasteiger partial charge in [0.2, 0.25) is 5.52 Å². The average Bonchev–Trinajstić information content (AvgIpc) is 2.03. The van der Waals surface area contributed by atoms with Crippen LogP contribution in [-0.2, 0) is 18.4 Å². The maximum Gasteiger partial charge on any atom is 0.396 e. The molecule has 0 aliphatic heterocycles. The second-order valence-corrected chi connectivity index (χ2v) is 4.02. The molecule has 0 bridgehead atoms. The van der Waals surface area contributed by atoms with Crippen LogP contribution in [0.15, 0.2) is 0 Å². The highest BCUT2D eigenvalue weighted by molar-refractivity contribution is 7.71. The molecule has 0 aliphatic rings. The second kappa shape index (κ2) is 4.62. The molecule has 0 atom stereocenters. The predicted molar refractivity (Wildman–Crippen MR) is 40.3 cm³/mol. The zero-order valence-electron chi connectivity index (χ0n) is 6.57. The first-order valence-corrected chi connectivity index (χ1v) is 4.60. The monoisotopic (exact) mass is 181 g/mol. The number of carbonyl (C=O) groups is 1. The van der Waals surface area contributed by atoms with Crippen LogP contribution in [0, 0.1) is 0 Å². The molecule has 0 aromatic rings. The van der Waals surface area contributed by atoms with E-state index in [0.717, 1.165) is 0 Å². The summed E-state index contributed by atoms with van der Waals surface area (Å²) >= 11 is 0. The maximum absolute atomic E-state index is 11.2. The Morgan fingerprint density at radius 2 is 1.91 bits per heavy atom. The topological polar surface area (TPSA) is 78.6 Å². The summed E-state index contributed by atoms with van der Waals surface area (Å²) in [7, 11) is -1.18. The molecule has 0 unspecified atom stereocenters. The van der Waals surface area contributed by atoms with Gasteiger partial charge in [-0.15, -0.1) is 0 Å². The van der Waals surface area contributed by atoms with Crippen LogP contribution in [0.25, 0.3) is 0 Å². The van der Waals surface area contributed by atoms with Gasteiger partial charge >= 0.3 is 7.60 Å². The molecule has 66 valence electrons. The lowest BCUT2D eigenvalue weighted by Crippen LogP contribution is -2.10. The molecule has 0 aromatic heterocycles. The van der Waals surface area contributed by atoms with Crippen LogP contribution in [0.2, 0.25) is 0 Å². The molecule has 0 aromatic carbocycles. The minimum Gasteiger partial charge on any atom is -0.330 e. The van der Waals surface area contributed by atoms with E-state index in [4.69, 9.17) is 5.73 Å². The first kappa shape index (κ1) is 10.8. The Labute approximate surface area is 65.4 Å². The van der Waals surface area contributed by atoms with Gasteiger partial charge < -0.3 is 14.8 Å². The van der Waals surface area contributed by atoms with E-state index in [0.29, 0.717) is 0 Å². The molecule has 2 N–H and O–H groups in total. The van der Waals surface area contributed by atoms with E-state index in [2.05, 4.69) is 9.05 Å². The van der Waals surface area contributed by atoms with Gasteiger partial charge in [0, 0.05) is 20.6 Å². The maximum atomic E-state index is 11.2. The highest BCUT2D eigenvalue weighted by Gasteiger charge is 2.30. The number of rotatable bonds is 5. The van der Waals surface area contributed by atoms with Gasteiger partial charge in [-0.05, 0) is 6.54 Å². The van der Waals surface area contributed by atoms with E-state index in [1.165, 1.54) is 14.2 Å². The van der Waals surface area contributed by atoms with E-state index >= 15 is 0 Å². The Balaban J connectivity index is 4.26. The van der Waals surface area contributed by atoms with Crippen LogP contribution in [0.4, 0.5) is 0 Å². The third-order valence-electron chi connectivity index (χ3n) is 1.14. The van der Waals surface area contributed by atoms with Crippen molar-refractivity contribution >= 4 is 13.1 Å². The Kier molecular flexibility index (Phi) is 4.52. The van der Waals surface area contributed by atoms with Gasteiger partial charge in [0.15, 0.2) is 0 Å². The molecule has 5 nitrogen and oxygen atoms in total. The highest BCUT2D eigenvalue weighted by atomic mass is 31.2. The Morgan fingerprint density at radius 3 is 2.18 bits per heavy atom. The summed E-state index contributed by atoms with van der Waals surface area (Å²) in [5.74, 6) is 0. The standard InChI is InChI=1S/C5H12NO4P/c1-9-11(8,10-2)5(7)3-4-6/h3-4,6H2,1-2H3. The fourth-order valence-electron chi connectivity index (χ4n) is 0.539. The van der Waals surface area contributed by atoms with E-state index in [1.54, 1.807) is 0 Å². The number of hydrogen-bond acceptors (Lipinski definition) is 5. The average molecular weight is 181 g/mol. The summed E-state index contributed by atoms with van der Waals surface area (Å²) < 4.78 is 20.1. The van der Waals surface area contributed by atoms with Gasteiger partial charge in [-0.25, -0.2) is 0 Å². The Bertz CT molecular complexity index is 173. The van der Waals surface area contributed by atoms with Crippen LogP contribution >= 0.6 is 7.60 Å². The molecule has 0 saturated carbocycles. The lowest BCUT2D eigenvalue weighted by atomic mass is 10.5. The minimum atomic E-state index is -3.51. The molecule has 11 heavy (non-hydrogen) atoms. The van der Waals surface area contributed by atoms with Crippen LogP contribution < -0.4 is 5.73 Å². The number of nitrogens with two attached hydrogens (primary N) is 1. The van der Waals surface area contributed by atoms with Crippen molar-refractivity contribution in [2.45, 2.75) is 6.42 Å². The lowest BCUT2D eigenvalue weighted by molar-refractivity contribution is -0.113. The SMILES string of the molecule is COP(=O)(OC)C(=O)CCN. The van der Waals surface area contributed by atoms with Gasteiger partial charge in [-0.3, -0.25) is 9.36 Å². The summed E-state index contributed by atoms with van der Waals surface area (Å²) in [6.07, 6.45) is 0.0129. The van der Waals surface area contributed by atoms with Gasteiger partial charge in [0.05, 0.1) is 0 Å². The molecule has 0 fully saturated rings. The first-order valence-electron chi connectivity index (χ1n) is 3.05. The van der Waals surface area contributed by atoms with Crippen molar-refractivity contribution in [3.05, 3.63) is 0 Å². The van der Waals surface area contributed by atoms with E-state index in [-0.39, 0.29) is 13.0 Å². The van der Waals surface area contributed by atoms with Crippen molar-refractivity contribution < 1.29 is 18.4 Å². The number of hydrogen-bond donors (Lipinski definition) is 1. The van der Waals surface area contributed by atoms with Crippen LogP contribution in [0.5, 0.6) is 0 Å². The quantitative estimate of drug-likeness (QED) is 0.619. The van der Waals surface area contributed by atoms with Gasteiger partial charge in [-0.1, -0.05) is 0 Å². The fraction of sp³-hybridized carbons (Fsp3) is 0.800. The molecule has 0 radical (unpaired) electrons. The Hall–Kier alpha value is -0.220. The van der Waals surface area contributed by atoms with Gasteiger partial charge in [-0.2, -0.15) is 0 Å². The second-order valence-electron chi connectivity index (χ2n) is 1.80. The molecule has 0 heterocycles. The van der Waals surface area contributed by atoms with Crippen LogP contribution in [0.3, 0.4) is 0 Å². The third kappa shape index (κ3) is 2.71. The Morgan fingerprint density at radius 1 is 1.45 bits per heavy atom. The molecule has 0 aliphatic carbocycles. The van der Waals surface area contributed by atoms with Crippen molar-refractivity contribution in [1.29, 1.82) is 0 Å². The normalized spacial score (nSPS) is 11.5. The first-order chi connectivity index (χ1) is 5.10. The van der Waals surface area contributed by atoms with E-state index < -0.39 is 13.1 Å². The molecule has 0 saturated heterocycles. The van der Waals surface area contributed by atoms with Crippen molar-refractivity contribution in [3.63, 3.8) is 0 Å².